The average Bonchev–Trinajstić information content (AvgIpc) is 3.50. The van der Waals surface area contributed by atoms with E-state index in [-0.39, 0.29) is 17.9 Å². The second kappa shape index (κ2) is 9.86. The zero-order valence-corrected chi connectivity index (χ0v) is 18.1. The third kappa shape index (κ3) is 5.19. The predicted molar refractivity (Wildman–Crippen MR) is 119 cm³/mol. The summed E-state index contributed by atoms with van der Waals surface area (Å²) in [5, 5.41) is 0. The summed E-state index contributed by atoms with van der Waals surface area (Å²) >= 11 is 0. The molecule has 2 saturated heterocycles. The van der Waals surface area contributed by atoms with E-state index in [1.165, 1.54) is 0 Å². The molecule has 0 aromatic heterocycles. The van der Waals surface area contributed by atoms with Gasteiger partial charge in [-0.2, -0.15) is 0 Å². The second-order valence-corrected chi connectivity index (χ2v) is 8.25. The van der Waals surface area contributed by atoms with Gasteiger partial charge in [-0.15, -0.1) is 0 Å². The molecule has 0 radical (unpaired) electrons. The maximum atomic E-state index is 12.9. The highest BCUT2D eigenvalue weighted by Crippen LogP contribution is 2.22. The van der Waals surface area contributed by atoms with Crippen LogP contribution in [0.5, 0.6) is 11.5 Å². The van der Waals surface area contributed by atoms with Crippen LogP contribution in [0.2, 0.25) is 0 Å². The summed E-state index contributed by atoms with van der Waals surface area (Å²) in [7, 11) is 1.63. The number of ether oxygens (including phenoxy) is 2. The van der Waals surface area contributed by atoms with Crippen molar-refractivity contribution in [2.45, 2.75) is 38.1 Å². The largest absolute Gasteiger partial charge is 0.497 e. The minimum Gasteiger partial charge on any atom is -0.497 e. The summed E-state index contributed by atoms with van der Waals surface area (Å²) in [5.41, 5.74) is 1.65. The van der Waals surface area contributed by atoms with E-state index in [1.54, 1.807) is 7.11 Å². The van der Waals surface area contributed by atoms with Gasteiger partial charge in [0.25, 0.3) is 5.91 Å². The molecule has 2 aliphatic heterocycles. The first-order valence-electron chi connectivity index (χ1n) is 11.1. The van der Waals surface area contributed by atoms with Crippen molar-refractivity contribution in [2.24, 2.45) is 0 Å². The van der Waals surface area contributed by atoms with Gasteiger partial charge in [0.15, 0.2) is 0 Å². The standard InChI is InChI=1S/C25H30N2O4/c1-30-23-8-4-6-19(16-23)17-24(28)27-15-5-7-21(27)18-31-22-11-9-20(10-12-22)25(29)26-13-2-3-14-26/h4,6,8-12,16,21H,2-3,5,7,13-15,17-18H2,1H3/t21-/m1/s1. The highest BCUT2D eigenvalue weighted by molar-refractivity contribution is 5.94. The number of carbonyl (C=O) groups is 2. The molecule has 0 spiro atoms. The van der Waals surface area contributed by atoms with Gasteiger partial charge in [0, 0.05) is 25.2 Å². The van der Waals surface area contributed by atoms with Gasteiger partial charge in [-0.1, -0.05) is 12.1 Å². The third-order valence-corrected chi connectivity index (χ3v) is 6.12. The first kappa shape index (κ1) is 21.2. The molecule has 0 aliphatic carbocycles. The summed E-state index contributed by atoms with van der Waals surface area (Å²) in [6, 6.07) is 15.1. The first-order chi connectivity index (χ1) is 15.1. The highest BCUT2D eigenvalue weighted by Gasteiger charge is 2.29. The van der Waals surface area contributed by atoms with Crippen molar-refractivity contribution < 1.29 is 19.1 Å². The van der Waals surface area contributed by atoms with Gasteiger partial charge in [0.2, 0.25) is 5.91 Å². The fourth-order valence-electron chi connectivity index (χ4n) is 4.38. The molecule has 0 saturated carbocycles. The van der Waals surface area contributed by atoms with Crippen LogP contribution < -0.4 is 9.47 Å². The van der Waals surface area contributed by atoms with E-state index >= 15 is 0 Å². The zero-order valence-electron chi connectivity index (χ0n) is 18.1. The Hall–Kier alpha value is -3.02. The van der Waals surface area contributed by atoms with E-state index in [2.05, 4.69) is 0 Å². The minimum absolute atomic E-state index is 0.0732. The van der Waals surface area contributed by atoms with Gasteiger partial charge in [-0.3, -0.25) is 9.59 Å². The normalized spacial score (nSPS) is 18.3. The molecule has 6 nitrogen and oxygen atoms in total. The number of hydrogen-bond acceptors (Lipinski definition) is 4. The Labute approximate surface area is 183 Å². The lowest BCUT2D eigenvalue weighted by Crippen LogP contribution is -2.39. The molecule has 2 heterocycles. The van der Waals surface area contributed by atoms with Crippen molar-refractivity contribution in [3.8, 4) is 11.5 Å². The Morgan fingerprint density at radius 1 is 0.968 bits per heavy atom. The fourth-order valence-corrected chi connectivity index (χ4v) is 4.38. The zero-order chi connectivity index (χ0) is 21.6. The monoisotopic (exact) mass is 422 g/mol. The molecule has 2 aromatic carbocycles. The van der Waals surface area contributed by atoms with E-state index in [1.807, 2.05) is 58.3 Å². The molecule has 164 valence electrons. The predicted octanol–water partition coefficient (Wildman–Crippen LogP) is 3.54. The lowest BCUT2D eigenvalue weighted by molar-refractivity contribution is -0.131. The molecule has 2 amide bonds. The number of amides is 2. The number of nitrogens with zero attached hydrogens (tertiary/aromatic N) is 2. The molecule has 0 N–H and O–H groups in total. The van der Waals surface area contributed by atoms with E-state index in [4.69, 9.17) is 9.47 Å². The number of carbonyl (C=O) groups excluding carboxylic acids is 2. The summed E-state index contributed by atoms with van der Waals surface area (Å²) in [5.74, 6) is 1.70. The van der Waals surface area contributed by atoms with Gasteiger partial charge >= 0.3 is 0 Å². The van der Waals surface area contributed by atoms with Crippen molar-refractivity contribution in [3.63, 3.8) is 0 Å². The second-order valence-electron chi connectivity index (χ2n) is 8.25. The highest BCUT2D eigenvalue weighted by atomic mass is 16.5. The molecular weight excluding hydrogens is 392 g/mol. The fraction of sp³-hybridized carbons (Fsp3) is 0.440. The molecule has 1 atom stereocenters. The lowest BCUT2D eigenvalue weighted by Gasteiger charge is -2.25. The minimum atomic E-state index is 0.0732. The Morgan fingerprint density at radius 2 is 1.74 bits per heavy atom. The Balaban J connectivity index is 1.31. The maximum absolute atomic E-state index is 12.9. The number of likely N-dealkylation sites (tertiary alicyclic amines) is 2. The van der Waals surface area contributed by atoms with E-state index in [0.29, 0.717) is 18.6 Å². The number of hydrogen-bond donors (Lipinski definition) is 0. The van der Waals surface area contributed by atoms with Gasteiger partial charge in [-0.25, -0.2) is 0 Å². The quantitative estimate of drug-likeness (QED) is 0.685. The maximum Gasteiger partial charge on any atom is 0.253 e. The summed E-state index contributed by atoms with van der Waals surface area (Å²) in [6.45, 7) is 2.92. The number of benzene rings is 2. The molecule has 2 aromatic rings. The van der Waals surface area contributed by atoms with Crippen molar-refractivity contribution in [1.29, 1.82) is 0 Å². The molecule has 2 aliphatic rings. The topological polar surface area (TPSA) is 59.1 Å². The van der Waals surface area contributed by atoms with Gasteiger partial charge in [-0.05, 0) is 67.6 Å². The molecule has 6 heteroatoms. The van der Waals surface area contributed by atoms with Crippen molar-refractivity contribution in [3.05, 3.63) is 59.7 Å². The van der Waals surface area contributed by atoms with Crippen molar-refractivity contribution >= 4 is 11.8 Å². The number of rotatable bonds is 7. The van der Waals surface area contributed by atoms with Crippen LogP contribution in [0.15, 0.2) is 48.5 Å². The SMILES string of the molecule is COc1cccc(CC(=O)N2CCC[C@@H]2COc2ccc(C(=O)N3CCCC3)cc2)c1. The molecule has 2 fully saturated rings. The molecule has 0 unspecified atom stereocenters. The average molecular weight is 423 g/mol. The Kier molecular flexibility index (Phi) is 6.75. The Bertz CT molecular complexity index is 906. The van der Waals surface area contributed by atoms with Crippen LogP contribution in [0.25, 0.3) is 0 Å². The van der Waals surface area contributed by atoms with E-state index < -0.39 is 0 Å². The molecule has 0 bridgehead atoms. The van der Waals surface area contributed by atoms with Crippen molar-refractivity contribution in [1.82, 2.24) is 9.80 Å². The van der Waals surface area contributed by atoms with E-state index in [9.17, 15) is 9.59 Å². The molecule has 31 heavy (non-hydrogen) atoms. The number of methoxy groups -OCH3 is 1. The molecule has 4 rings (SSSR count). The van der Waals surface area contributed by atoms with Gasteiger partial charge < -0.3 is 19.3 Å². The third-order valence-electron chi connectivity index (χ3n) is 6.12. The summed E-state index contributed by atoms with van der Waals surface area (Å²) in [6.07, 6.45) is 4.46. The Morgan fingerprint density at radius 3 is 2.48 bits per heavy atom. The smallest absolute Gasteiger partial charge is 0.253 e. The molecular formula is C25H30N2O4. The summed E-state index contributed by atoms with van der Waals surface area (Å²) < 4.78 is 11.2. The van der Waals surface area contributed by atoms with Gasteiger partial charge in [0.05, 0.1) is 19.6 Å². The van der Waals surface area contributed by atoms with Crippen LogP contribution >= 0.6 is 0 Å². The lowest BCUT2D eigenvalue weighted by atomic mass is 10.1. The van der Waals surface area contributed by atoms with Crippen LogP contribution in [0.3, 0.4) is 0 Å². The van der Waals surface area contributed by atoms with E-state index in [0.717, 1.165) is 62.4 Å². The first-order valence-corrected chi connectivity index (χ1v) is 11.1. The van der Waals surface area contributed by atoms with Gasteiger partial charge in [0.1, 0.15) is 18.1 Å². The van der Waals surface area contributed by atoms with Crippen LogP contribution in [0.1, 0.15) is 41.6 Å². The van der Waals surface area contributed by atoms with Crippen LogP contribution in [-0.2, 0) is 11.2 Å². The van der Waals surface area contributed by atoms with Crippen LogP contribution in [0.4, 0.5) is 0 Å². The van der Waals surface area contributed by atoms with Crippen molar-refractivity contribution in [2.75, 3.05) is 33.4 Å². The van der Waals surface area contributed by atoms with Crippen LogP contribution in [-0.4, -0.2) is 61.0 Å². The summed E-state index contributed by atoms with van der Waals surface area (Å²) in [4.78, 5) is 29.2. The van der Waals surface area contributed by atoms with Crippen LogP contribution in [0, 0.1) is 0 Å².